The minimum atomic E-state index is 0.680. The summed E-state index contributed by atoms with van der Waals surface area (Å²) in [6.07, 6.45) is 3.69. The molecule has 0 aliphatic rings. The number of benzene rings is 7. The molecule has 0 unspecified atom stereocenters. The van der Waals surface area contributed by atoms with Gasteiger partial charge in [0.1, 0.15) is 0 Å². The second kappa shape index (κ2) is 13.7. The first-order valence-corrected chi connectivity index (χ1v) is 17.5. The van der Waals surface area contributed by atoms with Crippen molar-refractivity contribution in [1.29, 1.82) is 0 Å². The van der Waals surface area contributed by atoms with Crippen molar-refractivity contribution in [3.8, 4) is 78.4 Å². The van der Waals surface area contributed by atoms with Crippen molar-refractivity contribution in [2.24, 2.45) is 0 Å². The molecule has 0 saturated carbocycles. The molecule has 0 aliphatic heterocycles. The van der Waals surface area contributed by atoms with Gasteiger partial charge in [0.15, 0.2) is 5.82 Å². The highest BCUT2D eigenvalue weighted by atomic mass is 14.9. The number of rotatable bonds is 7. The van der Waals surface area contributed by atoms with Crippen LogP contribution in [0.4, 0.5) is 0 Å². The van der Waals surface area contributed by atoms with Crippen LogP contribution >= 0.6 is 0 Å². The molecule has 2 heterocycles. The standard InChI is InChI=1S/C49H33N3/c1-3-11-34(12-4-1)42-29-43(35-13-5-2-6-14-35)31-44(30-42)48-32-47(39-24-20-36(21-25-39)41-17-10-28-50-33-41)51-49(52-48)40-26-22-38(23-27-40)46-19-9-16-37-15-7-8-18-45(37)46/h1-33H. The zero-order valence-corrected chi connectivity index (χ0v) is 28.4. The maximum Gasteiger partial charge on any atom is 0.160 e. The van der Waals surface area contributed by atoms with Gasteiger partial charge in [-0.2, -0.15) is 0 Å². The summed E-state index contributed by atoms with van der Waals surface area (Å²) in [6, 6.07) is 66.2. The van der Waals surface area contributed by atoms with Gasteiger partial charge in [-0.25, -0.2) is 9.97 Å². The summed E-state index contributed by atoms with van der Waals surface area (Å²) in [6.45, 7) is 0. The van der Waals surface area contributed by atoms with Gasteiger partial charge in [-0.15, -0.1) is 0 Å². The molecule has 0 atom stereocenters. The fraction of sp³-hybridized carbons (Fsp3) is 0. The van der Waals surface area contributed by atoms with Crippen molar-refractivity contribution in [2.45, 2.75) is 0 Å². The summed E-state index contributed by atoms with van der Waals surface area (Å²) in [4.78, 5) is 14.8. The minimum absolute atomic E-state index is 0.680. The van der Waals surface area contributed by atoms with Crippen molar-refractivity contribution < 1.29 is 0 Å². The fourth-order valence-corrected chi connectivity index (χ4v) is 6.89. The van der Waals surface area contributed by atoms with Gasteiger partial charge in [-0.1, -0.05) is 158 Å². The smallest absolute Gasteiger partial charge is 0.160 e. The molecule has 9 aromatic rings. The van der Waals surface area contributed by atoms with E-state index in [1.54, 1.807) is 6.20 Å². The van der Waals surface area contributed by atoms with Crippen molar-refractivity contribution in [2.75, 3.05) is 0 Å². The maximum absolute atomic E-state index is 5.27. The summed E-state index contributed by atoms with van der Waals surface area (Å²) in [5, 5.41) is 2.47. The Morgan fingerprint density at radius 1 is 0.308 bits per heavy atom. The van der Waals surface area contributed by atoms with Crippen LogP contribution in [0.25, 0.3) is 89.2 Å². The quantitative estimate of drug-likeness (QED) is 0.170. The van der Waals surface area contributed by atoms with Crippen LogP contribution in [-0.2, 0) is 0 Å². The molecule has 244 valence electrons. The zero-order chi connectivity index (χ0) is 34.7. The number of hydrogen-bond acceptors (Lipinski definition) is 3. The molecule has 3 nitrogen and oxygen atoms in total. The number of fused-ring (bicyclic) bond motifs is 1. The third-order valence-electron chi connectivity index (χ3n) is 9.59. The SMILES string of the molecule is c1ccc(-c2cc(-c3ccccc3)cc(-c3cc(-c4ccc(-c5cccnc5)cc4)nc(-c4ccc(-c5cccc6ccccc56)cc4)n3)c2)cc1. The molecule has 0 spiro atoms. The van der Waals surface area contributed by atoms with Gasteiger partial charge < -0.3 is 0 Å². The predicted molar refractivity (Wildman–Crippen MR) is 215 cm³/mol. The van der Waals surface area contributed by atoms with Crippen LogP contribution in [0.2, 0.25) is 0 Å². The largest absolute Gasteiger partial charge is 0.264 e. The molecule has 0 fully saturated rings. The normalized spacial score (nSPS) is 11.1. The van der Waals surface area contributed by atoms with E-state index >= 15 is 0 Å². The third-order valence-corrected chi connectivity index (χ3v) is 9.59. The zero-order valence-electron chi connectivity index (χ0n) is 28.4. The molecule has 52 heavy (non-hydrogen) atoms. The average molecular weight is 664 g/mol. The molecular formula is C49H33N3. The van der Waals surface area contributed by atoms with Crippen molar-refractivity contribution in [3.63, 3.8) is 0 Å². The van der Waals surface area contributed by atoms with Gasteiger partial charge >= 0.3 is 0 Å². The fourth-order valence-electron chi connectivity index (χ4n) is 6.89. The third kappa shape index (κ3) is 6.28. The highest BCUT2D eigenvalue weighted by Gasteiger charge is 2.14. The van der Waals surface area contributed by atoms with E-state index < -0.39 is 0 Å². The van der Waals surface area contributed by atoms with Crippen LogP contribution < -0.4 is 0 Å². The van der Waals surface area contributed by atoms with Gasteiger partial charge in [0.2, 0.25) is 0 Å². The molecule has 3 heteroatoms. The molecular weight excluding hydrogens is 631 g/mol. The van der Waals surface area contributed by atoms with E-state index in [-0.39, 0.29) is 0 Å². The second-order valence-electron chi connectivity index (χ2n) is 12.9. The van der Waals surface area contributed by atoms with Crippen LogP contribution in [0, 0.1) is 0 Å². The van der Waals surface area contributed by atoms with Gasteiger partial charge in [-0.05, 0) is 85.6 Å². The molecule has 2 aromatic heterocycles. The summed E-state index contributed by atoms with van der Waals surface area (Å²) >= 11 is 0. The lowest BCUT2D eigenvalue weighted by Crippen LogP contribution is -1.97. The Labute approximate surface area is 303 Å². The van der Waals surface area contributed by atoms with E-state index in [2.05, 4.69) is 187 Å². The first-order valence-electron chi connectivity index (χ1n) is 17.5. The number of pyridine rings is 1. The van der Waals surface area contributed by atoms with Crippen LogP contribution in [0.1, 0.15) is 0 Å². The topological polar surface area (TPSA) is 38.7 Å². The highest BCUT2D eigenvalue weighted by Crippen LogP contribution is 2.36. The van der Waals surface area contributed by atoms with Gasteiger partial charge in [0, 0.05) is 29.1 Å². The number of nitrogens with zero attached hydrogens (tertiary/aromatic N) is 3. The average Bonchev–Trinajstić information content (AvgIpc) is 3.24. The van der Waals surface area contributed by atoms with Crippen LogP contribution in [-0.4, -0.2) is 15.0 Å². The Balaban J connectivity index is 1.19. The summed E-state index contributed by atoms with van der Waals surface area (Å²) < 4.78 is 0. The van der Waals surface area contributed by atoms with Gasteiger partial charge in [0.05, 0.1) is 11.4 Å². The Kier molecular flexibility index (Phi) is 8.20. The lowest BCUT2D eigenvalue weighted by Gasteiger charge is -2.14. The van der Waals surface area contributed by atoms with E-state index in [4.69, 9.17) is 9.97 Å². The van der Waals surface area contributed by atoms with E-state index in [9.17, 15) is 0 Å². The van der Waals surface area contributed by atoms with Gasteiger partial charge in [-0.3, -0.25) is 4.98 Å². The Morgan fingerprint density at radius 3 is 1.50 bits per heavy atom. The molecule has 0 bridgehead atoms. The Hall–Kier alpha value is -6.97. The first kappa shape index (κ1) is 31.0. The van der Waals surface area contributed by atoms with Crippen LogP contribution in [0.5, 0.6) is 0 Å². The minimum Gasteiger partial charge on any atom is -0.264 e. The van der Waals surface area contributed by atoms with E-state index in [1.165, 1.54) is 16.3 Å². The second-order valence-corrected chi connectivity index (χ2v) is 12.9. The Morgan fingerprint density at radius 2 is 0.827 bits per heavy atom. The molecule has 0 radical (unpaired) electrons. The number of aromatic nitrogens is 3. The van der Waals surface area contributed by atoms with Gasteiger partial charge in [0.25, 0.3) is 0 Å². The van der Waals surface area contributed by atoms with Crippen LogP contribution in [0.15, 0.2) is 200 Å². The number of hydrogen-bond donors (Lipinski definition) is 0. The molecule has 9 rings (SSSR count). The Bertz CT molecular complexity index is 2570. The van der Waals surface area contributed by atoms with Crippen molar-refractivity contribution in [1.82, 2.24) is 15.0 Å². The van der Waals surface area contributed by atoms with E-state index in [0.29, 0.717) is 5.82 Å². The van der Waals surface area contributed by atoms with E-state index in [0.717, 1.165) is 67.0 Å². The molecule has 0 N–H and O–H groups in total. The highest BCUT2D eigenvalue weighted by molar-refractivity contribution is 5.97. The van der Waals surface area contributed by atoms with Crippen molar-refractivity contribution >= 4 is 10.8 Å². The summed E-state index contributed by atoms with van der Waals surface area (Å²) in [7, 11) is 0. The molecule has 0 amide bonds. The monoisotopic (exact) mass is 663 g/mol. The van der Waals surface area contributed by atoms with Crippen molar-refractivity contribution in [3.05, 3.63) is 200 Å². The molecule has 0 aliphatic carbocycles. The predicted octanol–water partition coefficient (Wildman–Crippen LogP) is 12.7. The molecule has 0 saturated heterocycles. The lowest BCUT2D eigenvalue weighted by atomic mass is 9.94. The van der Waals surface area contributed by atoms with Crippen LogP contribution in [0.3, 0.4) is 0 Å². The summed E-state index contributed by atoms with van der Waals surface area (Å²) in [5.74, 6) is 0.680. The summed E-state index contributed by atoms with van der Waals surface area (Å²) in [5.41, 5.74) is 13.9. The lowest BCUT2D eigenvalue weighted by molar-refractivity contribution is 1.18. The first-order chi connectivity index (χ1) is 25.7. The molecule has 7 aromatic carbocycles. The van der Waals surface area contributed by atoms with E-state index in [1.807, 2.05) is 12.3 Å². The maximum atomic E-state index is 5.27.